The second-order valence-electron chi connectivity index (χ2n) is 4.74. The number of hydrogen-bond donors (Lipinski definition) is 0. The highest BCUT2D eigenvalue weighted by Gasteiger charge is 2.35. The van der Waals surface area contributed by atoms with Crippen molar-refractivity contribution >= 4 is 13.2 Å². The van der Waals surface area contributed by atoms with E-state index in [0.29, 0.717) is 0 Å². The molecule has 0 aromatic heterocycles. The molecule has 0 amide bonds. The minimum Gasteiger partial charge on any atom is -0.246 e. The average molecular weight is 394 g/mol. The van der Waals surface area contributed by atoms with Crippen LogP contribution in [0.4, 0.5) is 43.9 Å². The van der Waals surface area contributed by atoms with Crippen LogP contribution in [-0.4, -0.2) is 13.1 Å². The molecule has 0 bridgehead atoms. The topological polar surface area (TPSA) is 0 Å². The first-order valence-corrected chi connectivity index (χ1v) is 8.18. The van der Waals surface area contributed by atoms with Crippen LogP contribution in [0.2, 0.25) is 0 Å². The van der Waals surface area contributed by atoms with E-state index in [-0.39, 0.29) is 0 Å². The summed E-state index contributed by atoms with van der Waals surface area (Å²) in [5.41, 5.74) is -3.76. The summed E-state index contributed by atoms with van der Waals surface area (Å²) in [5, 5.41) is -1.34. The Labute approximate surface area is 134 Å². The summed E-state index contributed by atoms with van der Waals surface area (Å²) in [4.78, 5) is 0. The van der Waals surface area contributed by atoms with Gasteiger partial charge in [0.1, 0.15) is 6.42 Å². The van der Waals surface area contributed by atoms with E-state index in [0.717, 1.165) is 6.66 Å². The lowest BCUT2D eigenvalue weighted by Gasteiger charge is -2.19. The van der Waals surface area contributed by atoms with Gasteiger partial charge in [0.2, 0.25) is 5.82 Å². The molecule has 0 fully saturated rings. The molecule has 2 aromatic rings. The zero-order valence-corrected chi connectivity index (χ0v) is 12.8. The van der Waals surface area contributed by atoms with Gasteiger partial charge in [-0.05, 0) is 14.6 Å². The lowest BCUT2D eigenvalue weighted by atomic mass is 10.0. The Morgan fingerprint density at radius 1 is 0.520 bits per heavy atom. The van der Waals surface area contributed by atoms with Gasteiger partial charge in [-0.1, -0.05) is 0 Å². The van der Waals surface area contributed by atoms with Crippen LogP contribution in [0.15, 0.2) is 0 Å². The van der Waals surface area contributed by atoms with Gasteiger partial charge in [0.15, 0.2) is 46.5 Å². The molecule has 0 aliphatic carbocycles. The maximum Gasteiger partial charge on any atom is 0.200 e. The third kappa shape index (κ3) is 2.86. The van der Waals surface area contributed by atoms with Crippen LogP contribution in [0.25, 0.3) is 11.1 Å². The van der Waals surface area contributed by atoms with Crippen molar-refractivity contribution in [2.24, 2.45) is 0 Å². The summed E-state index contributed by atoms with van der Waals surface area (Å²) < 4.78 is 135. The molecule has 0 aliphatic heterocycles. The van der Waals surface area contributed by atoms with E-state index in [1.54, 1.807) is 0 Å². The Hall–Kier alpha value is -1.83. The molecule has 136 valence electrons. The van der Waals surface area contributed by atoms with Gasteiger partial charge in [-0.3, -0.25) is 0 Å². The van der Waals surface area contributed by atoms with Gasteiger partial charge < -0.3 is 0 Å². The molecule has 0 N–H and O–H groups in total. The summed E-state index contributed by atoms with van der Waals surface area (Å²) in [5.74, 6) is -22.3. The van der Waals surface area contributed by atoms with Crippen molar-refractivity contribution in [3.8, 4) is 11.1 Å². The summed E-state index contributed by atoms with van der Waals surface area (Å²) in [6.07, 6.45) is -1.46. The lowest BCUT2D eigenvalue weighted by molar-refractivity contribution is 0.379. The zero-order chi connectivity index (χ0) is 19.2. The van der Waals surface area contributed by atoms with E-state index in [2.05, 4.69) is 0 Å². The number of benzene rings is 2. The largest absolute Gasteiger partial charge is 0.246 e. The lowest BCUT2D eigenvalue weighted by Crippen LogP contribution is -2.20. The van der Waals surface area contributed by atoms with E-state index < -0.39 is 83.1 Å². The van der Waals surface area contributed by atoms with Gasteiger partial charge in [0.05, 0.1) is 5.56 Å². The molecular formula is C14H5F10P. The second-order valence-corrected chi connectivity index (χ2v) is 6.82. The number of alkyl halides is 1. The summed E-state index contributed by atoms with van der Waals surface area (Å²) in [6.45, 7) is 0.875. The van der Waals surface area contributed by atoms with Crippen LogP contribution in [0.5, 0.6) is 0 Å². The predicted octanol–water partition coefficient (Wildman–Crippen LogP) is 5.27. The molecule has 0 saturated heterocycles. The average Bonchev–Trinajstić information content (AvgIpc) is 2.60. The molecule has 1 unspecified atom stereocenters. The van der Waals surface area contributed by atoms with Crippen molar-refractivity contribution in [2.45, 2.75) is 0 Å². The molecule has 0 aliphatic rings. The first kappa shape index (κ1) is 19.5. The van der Waals surface area contributed by atoms with Crippen LogP contribution in [-0.2, 0) is 0 Å². The number of halogens is 10. The maximum atomic E-state index is 14.0. The fourth-order valence-electron chi connectivity index (χ4n) is 2.09. The highest BCUT2D eigenvalue weighted by Crippen LogP contribution is 2.41. The summed E-state index contributed by atoms with van der Waals surface area (Å²) in [6, 6.07) is 0. The van der Waals surface area contributed by atoms with E-state index in [4.69, 9.17) is 0 Å². The number of rotatable bonds is 3. The maximum absolute atomic E-state index is 14.0. The van der Waals surface area contributed by atoms with Gasteiger partial charge in [-0.15, -0.1) is 0 Å². The van der Waals surface area contributed by atoms with Gasteiger partial charge in [-0.25, -0.2) is 43.9 Å². The predicted molar refractivity (Wildman–Crippen MR) is 70.0 cm³/mol. The first-order valence-electron chi connectivity index (χ1n) is 6.21. The van der Waals surface area contributed by atoms with Gasteiger partial charge in [-0.2, -0.15) is 0 Å². The Kier molecular flexibility index (Phi) is 5.32. The third-order valence-corrected chi connectivity index (χ3v) is 4.81. The smallest absolute Gasteiger partial charge is 0.200 e. The van der Waals surface area contributed by atoms with Crippen LogP contribution >= 0.6 is 7.92 Å². The molecule has 25 heavy (non-hydrogen) atoms. The zero-order valence-electron chi connectivity index (χ0n) is 11.9. The molecule has 11 heteroatoms. The SMILES string of the molecule is CP(CF)c1c(F)c(F)c(F)c(F)c1-c1c(F)c(F)c(F)c(F)c1F. The van der Waals surface area contributed by atoms with Crippen molar-refractivity contribution in [2.75, 3.05) is 13.1 Å². The molecule has 1 atom stereocenters. The van der Waals surface area contributed by atoms with Gasteiger partial charge >= 0.3 is 0 Å². The third-order valence-electron chi connectivity index (χ3n) is 3.26. The quantitative estimate of drug-likeness (QED) is 0.288. The van der Waals surface area contributed by atoms with Crippen molar-refractivity contribution in [1.29, 1.82) is 0 Å². The Morgan fingerprint density at radius 2 is 0.840 bits per heavy atom. The van der Waals surface area contributed by atoms with Crippen molar-refractivity contribution in [1.82, 2.24) is 0 Å². The standard InChI is InChI=1S/C14H5F10P/c1-25(2-15)14-4(7(18)10(21)12(23)13(14)24)3-5(16)8(19)11(22)9(20)6(3)17/h2H2,1H3. The normalized spacial score (nSPS) is 12.6. The molecule has 0 saturated carbocycles. The van der Waals surface area contributed by atoms with E-state index >= 15 is 0 Å². The van der Waals surface area contributed by atoms with Crippen LogP contribution in [0.3, 0.4) is 0 Å². The van der Waals surface area contributed by atoms with E-state index in [1.165, 1.54) is 0 Å². The first-order chi connectivity index (χ1) is 11.6. The minimum absolute atomic E-state index is 0.875. The fraction of sp³-hybridized carbons (Fsp3) is 0.143. The molecule has 0 spiro atoms. The molecule has 2 rings (SSSR count). The molecule has 2 aromatic carbocycles. The summed E-state index contributed by atoms with van der Waals surface area (Å²) >= 11 is 0. The molecule has 0 heterocycles. The van der Waals surface area contributed by atoms with Crippen LogP contribution in [0.1, 0.15) is 0 Å². The van der Waals surface area contributed by atoms with E-state index in [1.807, 2.05) is 0 Å². The van der Waals surface area contributed by atoms with Crippen molar-refractivity contribution in [3.63, 3.8) is 0 Å². The highest BCUT2D eigenvalue weighted by atomic mass is 31.1. The Balaban J connectivity index is 3.09. The minimum atomic E-state index is -2.59. The second kappa shape index (κ2) is 6.82. The van der Waals surface area contributed by atoms with Crippen molar-refractivity contribution in [3.05, 3.63) is 52.4 Å². The van der Waals surface area contributed by atoms with Crippen LogP contribution < -0.4 is 5.30 Å². The van der Waals surface area contributed by atoms with Crippen LogP contribution in [0, 0.1) is 52.4 Å². The van der Waals surface area contributed by atoms with Gasteiger partial charge in [0, 0.05) is 10.9 Å². The molecule has 0 radical (unpaired) electrons. The Bertz CT molecular complexity index is 835. The fourth-order valence-corrected chi connectivity index (χ4v) is 3.24. The monoisotopic (exact) mass is 394 g/mol. The molecule has 0 nitrogen and oxygen atoms in total. The molecular weight excluding hydrogens is 389 g/mol. The summed E-state index contributed by atoms with van der Waals surface area (Å²) in [7, 11) is -2.50. The Morgan fingerprint density at radius 3 is 1.24 bits per heavy atom. The van der Waals surface area contributed by atoms with Crippen molar-refractivity contribution < 1.29 is 43.9 Å². The van der Waals surface area contributed by atoms with Gasteiger partial charge in [0.25, 0.3) is 0 Å². The van der Waals surface area contributed by atoms with E-state index in [9.17, 15) is 43.9 Å². The highest BCUT2D eigenvalue weighted by molar-refractivity contribution is 7.65. The number of hydrogen-bond acceptors (Lipinski definition) is 0.